The van der Waals surface area contributed by atoms with Crippen LogP contribution in [0.1, 0.15) is 0 Å². The van der Waals surface area contributed by atoms with Gasteiger partial charge in [-0.25, -0.2) is 0 Å². The van der Waals surface area contributed by atoms with E-state index in [4.69, 9.17) is 18.8 Å². The Labute approximate surface area is 128 Å². The third-order valence-electron chi connectivity index (χ3n) is 3.23. The maximum atomic E-state index is 10.7. The number of hydrogen-bond donors (Lipinski definition) is 1. The first-order valence-electron chi connectivity index (χ1n) is 6.86. The Kier molecular flexibility index (Phi) is 4.19. The molecule has 1 saturated heterocycles. The fourth-order valence-electron chi connectivity index (χ4n) is 2.00. The molecule has 1 aliphatic heterocycles. The third-order valence-corrected chi connectivity index (χ3v) is 3.91. The summed E-state index contributed by atoms with van der Waals surface area (Å²) in [4.78, 5) is 0. The summed E-state index contributed by atoms with van der Waals surface area (Å²) in [6, 6.07) is 11.2. The molecule has 0 bridgehead atoms. The molecule has 118 valence electrons. The van der Waals surface area contributed by atoms with Crippen molar-refractivity contribution in [2.75, 3.05) is 25.6 Å². The van der Waals surface area contributed by atoms with Crippen LogP contribution in [-0.4, -0.2) is 44.6 Å². The Morgan fingerprint density at radius 3 is 2.32 bits per heavy atom. The standard InChI is InChI=1S/C15H16O6S/c16-22(17,18)6-5-19-13-3-1-11-2-4-14(8-12(11)7-13)20-9-15-10-21-15/h1-4,7-8,15H,5-6,9-10H2,(H,16,17,18). The minimum Gasteiger partial charge on any atom is -0.492 e. The second-order valence-electron chi connectivity index (χ2n) is 5.07. The van der Waals surface area contributed by atoms with Gasteiger partial charge < -0.3 is 14.2 Å². The lowest BCUT2D eigenvalue weighted by Gasteiger charge is -2.08. The van der Waals surface area contributed by atoms with Crippen LogP contribution in [0.15, 0.2) is 36.4 Å². The summed E-state index contributed by atoms with van der Waals surface area (Å²) in [6.45, 7) is 1.19. The first-order chi connectivity index (χ1) is 10.5. The fraction of sp³-hybridized carbons (Fsp3) is 0.333. The Hall–Kier alpha value is -1.83. The molecule has 1 fully saturated rings. The molecule has 0 aromatic heterocycles. The molecule has 0 saturated carbocycles. The van der Waals surface area contributed by atoms with E-state index in [2.05, 4.69) is 0 Å². The quantitative estimate of drug-likeness (QED) is 0.618. The van der Waals surface area contributed by atoms with Gasteiger partial charge in [0.25, 0.3) is 10.1 Å². The zero-order chi connectivity index (χ0) is 15.6. The van der Waals surface area contributed by atoms with Crippen LogP contribution < -0.4 is 9.47 Å². The van der Waals surface area contributed by atoms with E-state index in [0.717, 1.165) is 23.1 Å². The summed E-state index contributed by atoms with van der Waals surface area (Å²) < 4.78 is 46.1. The van der Waals surface area contributed by atoms with Gasteiger partial charge in [0.15, 0.2) is 0 Å². The SMILES string of the molecule is O=S(=O)(O)CCOc1ccc2ccc(OCC3CO3)cc2c1. The van der Waals surface area contributed by atoms with Gasteiger partial charge in [-0.3, -0.25) is 4.55 Å². The topological polar surface area (TPSA) is 85.4 Å². The molecule has 1 heterocycles. The average Bonchev–Trinajstić information content (AvgIpc) is 3.27. The molecule has 2 aromatic rings. The van der Waals surface area contributed by atoms with Crippen LogP contribution in [0.25, 0.3) is 10.8 Å². The minimum atomic E-state index is -4.01. The lowest BCUT2D eigenvalue weighted by atomic mass is 10.1. The van der Waals surface area contributed by atoms with Gasteiger partial charge >= 0.3 is 0 Å². The molecule has 6 nitrogen and oxygen atoms in total. The molecular weight excluding hydrogens is 308 g/mol. The molecule has 1 aliphatic rings. The summed E-state index contributed by atoms with van der Waals surface area (Å²) in [5, 5.41) is 1.95. The maximum absolute atomic E-state index is 10.7. The molecule has 0 aliphatic carbocycles. The highest BCUT2D eigenvalue weighted by molar-refractivity contribution is 7.85. The minimum absolute atomic E-state index is 0.0977. The third kappa shape index (κ3) is 4.33. The van der Waals surface area contributed by atoms with Gasteiger partial charge in [0.05, 0.1) is 6.61 Å². The summed E-state index contributed by atoms with van der Waals surface area (Å²) in [5.74, 6) is 0.854. The van der Waals surface area contributed by atoms with E-state index in [9.17, 15) is 8.42 Å². The Bertz CT molecular complexity index is 767. The number of hydrogen-bond acceptors (Lipinski definition) is 5. The highest BCUT2D eigenvalue weighted by Gasteiger charge is 2.23. The van der Waals surface area contributed by atoms with Gasteiger partial charge in [0, 0.05) is 0 Å². The molecule has 0 spiro atoms. The van der Waals surface area contributed by atoms with E-state index in [1.165, 1.54) is 0 Å². The maximum Gasteiger partial charge on any atom is 0.268 e. The predicted octanol–water partition coefficient (Wildman–Crippen LogP) is 1.88. The highest BCUT2D eigenvalue weighted by atomic mass is 32.2. The number of fused-ring (bicyclic) bond motifs is 1. The van der Waals surface area contributed by atoms with Crippen molar-refractivity contribution in [3.8, 4) is 11.5 Å². The Morgan fingerprint density at radius 2 is 1.73 bits per heavy atom. The number of ether oxygens (including phenoxy) is 3. The van der Waals surface area contributed by atoms with Gasteiger partial charge in [-0.2, -0.15) is 8.42 Å². The van der Waals surface area contributed by atoms with Crippen molar-refractivity contribution in [2.24, 2.45) is 0 Å². The van der Waals surface area contributed by atoms with Gasteiger partial charge in [-0.1, -0.05) is 12.1 Å². The number of epoxide rings is 1. The second kappa shape index (κ2) is 6.12. The lowest BCUT2D eigenvalue weighted by Crippen LogP contribution is -2.12. The first-order valence-corrected chi connectivity index (χ1v) is 8.47. The average molecular weight is 324 g/mol. The Morgan fingerprint density at radius 1 is 1.09 bits per heavy atom. The smallest absolute Gasteiger partial charge is 0.268 e. The van der Waals surface area contributed by atoms with E-state index in [0.29, 0.717) is 12.4 Å². The highest BCUT2D eigenvalue weighted by Crippen LogP contribution is 2.25. The van der Waals surface area contributed by atoms with Gasteiger partial charge in [0.1, 0.15) is 36.6 Å². The summed E-state index contributed by atoms with van der Waals surface area (Å²) in [6.07, 6.45) is 0.200. The zero-order valence-electron chi connectivity index (χ0n) is 11.8. The van der Waals surface area contributed by atoms with Crippen molar-refractivity contribution >= 4 is 20.9 Å². The van der Waals surface area contributed by atoms with E-state index in [1.54, 1.807) is 12.1 Å². The van der Waals surface area contributed by atoms with E-state index in [1.807, 2.05) is 24.3 Å². The molecule has 2 aromatic carbocycles. The monoisotopic (exact) mass is 324 g/mol. The number of rotatable bonds is 7. The van der Waals surface area contributed by atoms with Crippen LogP contribution in [0.4, 0.5) is 0 Å². The predicted molar refractivity (Wildman–Crippen MR) is 81.1 cm³/mol. The van der Waals surface area contributed by atoms with Crippen LogP contribution >= 0.6 is 0 Å². The fourth-order valence-corrected chi connectivity index (χ4v) is 2.29. The van der Waals surface area contributed by atoms with Crippen LogP contribution in [0.3, 0.4) is 0 Å². The van der Waals surface area contributed by atoms with Gasteiger partial charge in [-0.15, -0.1) is 0 Å². The zero-order valence-corrected chi connectivity index (χ0v) is 12.6. The van der Waals surface area contributed by atoms with Crippen LogP contribution in [-0.2, 0) is 14.9 Å². The van der Waals surface area contributed by atoms with E-state index < -0.39 is 15.9 Å². The molecule has 7 heteroatoms. The summed E-state index contributed by atoms with van der Waals surface area (Å²) in [5.41, 5.74) is 0. The molecular formula is C15H16O6S. The molecule has 0 radical (unpaired) electrons. The molecule has 1 N–H and O–H groups in total. The van der Waals surface area contributed by atoms with E-state index >= 15 is 0 Å². The van der Waals surface area contributed by atoms with Crippen molar-refractivity contribution in [3.05, 3.63) is 36.4 Å². The summed E-state index contributed by atoms with van der Waals surface area (Å²) in [7, 11) is -4.01. The van der Waals surface area contributed by atoms with Crippen molar-refractivity contribution in [3.63, 3.8) is 0 Å². The normalized spacial score (nSPS) is 17.4. The molecule has 1 atom stereocenters. The van der Waals surface area contributed by atoms with Crippen molar-refractivity contribution in [2.45, 2.75) is 6.10 Å². The second-order valence-corrected chi connectivity index (χ2v) is 6.64. The largest absolute Gasteiger partial charge is 0.492 e. The van der Waals surface area contributed by atoms with Crippen molar-refractivity contribution < 1.29 is 27.2 Å². The lowest BCUT2D eigenvalue weighted by molar-refractivity contribution is 0.263. The van der Waals surface area contributed by atoms with Crippen LogP contribution in [0, 0.1) is 0 Å². The van der Waals surface area contributed by atoms with Crippen LogP contribution in [0.5, 0.6) is 11.5 Å². The van der Waals surface area contributed by atoms with Crippen LogP contribution in [0.2, 0.25) is 0 Å². The number of benzene rings is 2. The summed E-state index contributed by atoms with van der Waals surface area (Å²) >= 11 is 0. The molecule has 1 unspecified atom stereocenters. The van der Waals surface area contributed by atoms with Crippen molar-refractivity contribution in [1.29, 1.82) is 0 Å². The van der Waals surface area contributed by atoms with Crippen molar-refractivity contribution in [1.82, 2.24) is 0 Å². The molecule has 3 rings (SSSR count). The first kappa shape index (κ1) is 15.1. The van der Waals surface area contributed by atoms with Gasteiger partial charge in [-0.05, 0) is 35.0 Å². The Balaban J connectivity index is 1.69. The van der Waals surface area contributed by atoms with Gasteiger partial charge in [0.2, 0.25) is 0 Å². The van der Waals surface area contributed by atoms with E-state index in [-0.39, 0.29) is 12.7 Å². The molecule has 22 heavy (non-hydrogen) atoms. The molecule has 0 amide bonds.